The van der Waals surface area contributed by atoms with Gasteiger partial charge in [-0.05, 0) is 36.4 Å². The van der Waals surface area contributed by atoms with Gasteiger partial charge in [-0.1, -0.05) is 0 Å². The number of anilines is 1. The molecule has 0 saturated carbocycles. The molecule has 0 bridgehead atoms. The number of nitrogens with one attached hydrogen (secondary N) is 3. The van der Waals surface area contributed by atoms with Crippen LogP contribution in [-0.2, 0) is 0 Å². The number of imidazole rings is 1. The molecule has 7 heteroatoms. The number of aromatic nitrogens is 2. The van der Waals surface area contributed by atoms with E-state index in [4.69, 9.17) is 9.47 Å². The number of aromatic amines is 1. The fourth-order valence-corrected chi connectivity index (χ4v) is 2.06. The smallest absolute Gasteiger partial charge is 0.321 e. The van der Waals surface area contributed by atoms with E-state index in [0.717, 1.165) is 16.8 Å². The van der Waals surface area contributed by atoms with Crippen LogP contribution in [0.5, 0.6) is 17.2 Å². The number of methoxy groups -OCH3 is 1. The molecular weight excluding hydrogens is 296 g/mol. The standard InChI is InChI=1S/C16H16N4O3/c1-17-16(21)20-15-18-13-8-7-12(9-14(13)19-15)23-11-5-3-10(22-2)4-6-11/h3-9H,1-2H3,(H3,17,18,19,20,21). The average molecular weight is 312 g/mol. The molecule has 0 radical (unpaired) electrons. The van der Waals surface area contributed by atoms with Crippen LogP contribution < -0.4 is 20.1 Å². The summed E-state index contributed by atoms with van der Waals surface area (Å²) in [5.74, 6) is 2.51. The zero-order valence-electron chi connectivity index (χ0n) is 12.7. The van der Waals surface area contributed by atoms with Crippen LogP contribution in [0.1, 0.15) is 0 Å². The molecule has 7 nitrogen and oxygen atoms in total. The Balaban J connectivity index is 1.80. The van der Waals surface area contributed by atoms with Gasteiger partial charge < -0.3 is 19.8 Å². The maximum Gasteiger partial charge on any atom is 0.321 e. The summed E-state index contributed by atoms with van der Waals surface area (Å²) in [6, 6.07) is 12.4. The van der Waals surface area contributed by atoms with Crippen molar-refractivity contribution in [3.8, 4) is 17.2 Å². The number of H-pyrrole nitrogens is 1. The van der Waals surface area contributed by atoms with Crippen molar-refractivity contribution in [2.45, 2.75) is 0 Å². The first-order valence-corrected chi connectivity index (χ1v) is 6.98. The van der Waals surface area contributed by atoms with E-state index >= 15 is 0 Å². The minimum Gasteiger partial charge on any atom is -0.497 e. The molecule has 3 N–H and O–H groups in total. The van der Waals surface area contributed by atoms with Crippen molar-refractivity contribution in [3.63, 3.8) is 0 Å². The third-order valence-corrected chi connectivity index (χ3v) is 3.21. The number of carbonyl (C=O) groups is 1. The fraction of sp³-hybridized carbons (Fsp3) is 0.125. The van der Waals surface area contributed by atoms with Crippen LogP contribution in [0, 0.1) is 0 Å². The van der Waals surface area contributed by atoms with E-state index in [1.807, 2.05) is 42.5 Å². The number of fused-ring (bicyclic) bond motifs is 1. The Hall–Kier alpha value is -3.22. The second-order valence-electron chi connectivity index (χ2n) is 4.75. The van der Waals surface area contributed by atoms with E-state index < -0.39 is 0 Å². The molecule has 1 aromatic heterocycles. The predicted molar refractivity (Wildman–Crippen MR) is 87.2 cm³/mol. The first-order chi connectivity index (χ1) is 11.2. The molecule has 2 aromatic carbocycles. The van der Waals surface area contributed by atoms with Crippen LogP contribution in [0.2, 0.25) is 0 Å². The van der Waals surface area contributed by atoms with E-state index in [9.17, 15) is 4.79 Å². The first-order valence-electron chi connectivity index (χ1n) is 6.98. The largest absolute Gasteiger partial charge is 0.497 e. The van der Waals surface area contributed by atoms with E-state index in [1.165, 1.54) is 0 Å². The maximum atomic E-state index is 11.3. The molecule has 1 heterocycles. The van der Waals surface area contributed by atoms with Crippen molar-refractivity contribution in [2.24, 2.45) is 0 Å². The number of urea groups is 1. The summed E-state index contributed by atoms with van der Waals surface area (Å²) in [7, 11) is 3.16. The Morgan fingerprint density at radius 2 is 1.78 bits per heavy atom. The highest BCUT2D eigenvalue weighted by Gasteiger charge is 2.07. The highest BCUT2D eigenvalue weighted by molar-refractivity contribution is 5.89. The molecule has 0 saturated heterocycles. The van der Waals surface area contributed by atoms with E-state index in [0.29, 0.717) is 17.4 Å². The quantitative estimate of drug-likeness (QED) is 0.690. The molecule has 0 aliphatic rings. The van der Waals surface area contributed by atoms with Gasteiger partial charge in [-0.3, -0.25) is 5.32 Å². The lowest BCUT2D eigenvalue weighted by Gasteiger charge is -2.06. The Kier molecular flexibility index (Phi) is 4.01. The highest BCUT2D eigenvalue weighted by atomic mass is 16.5. The molecule has 0 fully saturated rings. The molecule has 2 amide bonds. The molecule has 118 valence electrons. The van der Waals surface area contributed by atoms with Gasteiger partial charge >= 0.3 is 6.03 Å². The van der Waals surface area contributed by atoms with Gasteiger partial charge in [0, 0.05) is 13.1 Å². The zero-order valence-corrected chi connectivity index (χ0v) is 12.7. The molecule has 3 rings (SSSR count). The number of hydrogen-bond donors (Lipinski definition) is 3. The van der Waals surface area contributed by atoms with Crippen LogP contribution in [0.15, 0.2) is 42.5 Å². The number of rotatable bonds is 4. The van der Waals surface area contributed by atoms with Crippen LogP contribution in [0.3, 0.4) is 0 Å². The lowest BCUT2D eigenvalue weighted by atomic mass is 10.3. The van der Waals surface area contributed by atoms with Gasteiger partial charge in [-0.15, -0.1) is 0 Å². The van der Waals surface area contributed by atoms with Crippen molar-refractivity contribution >= 4 is 23.0 Å². The Morgan fingerprint density at radius 1 is 1.09 bits per heavy atom. The summed E-state index contributed by atoms with van der Waals surface area (Å²) in [5, 5.41) is 5.06. The minimum absolute atomic E-state index is 0.334. The number of nitrogens with zero attached hydrogens (tertiary/aromatic N) is 1. The summed E-state index contributed by atoms with van der Waals surface area (Å²) >= 11 is 0. The Labute approximate surface area is 132 Å². The van der Waals surface area contributed by atoms with Crippen molar-refractivity contribution in [3.05, 3.63) is 42.5 Å². The lowest BCUT2D eigenvalue weighted by Crippen LogP contribution is -2.24. The van der Waals surface area contributed by atoms with Crippen LogP contribution in [-0.4, -0.2) is 30.2 Å². The second-order valence-corrected chi connectivity index (χ2v) is 4.75. The van der Waals surface area contributed by atoms with Gasteiger partial charge in [-0.25, -0.2) is 9.78 Å². The number of amides is 2. The summed E-state index contributed by atoms with van der Waals surface area (Å²) in [6.07, 6.45) is 0. The van der Waals surface area contributed by atoms with Crippen LogP contribution >= 0.6 is 0 Å². The summed E-state index contributed by atoms with van der Waals surface area (Å²) in [6.45, 7) is 0. The van der Waals surface area contributed by atoms with Crippen LogP contribution in [0.4, 0.5) is 10.7 Å². The summed E-state index contributed by atoms with van der Waals surface area (Å²) in [5.41, 5.74) is 1.50. The Bertz CT molecular complexity index is 827. The van der Waals surface area contributed by atoms with Crippen molar-refractivity contribution in [1.82, 2.24) is 15.3 Å². The lowest BCUT2D eigenvalue weighted by molar-refractivity contribution is 0.254. The van der Waals surface area contributed by atoms with Gasteiger partial charge in [0.05, 0.1) is 18.1 Å². The molecule has 0 unspecified atom stereocenters. The minimum atomic E-state index is -0.334. The molecule has 23 heavy (non-hydrogen) atoms. The van der Waals surface area contributed by atoms with E-state index in [2.05, 4.69) is 20.6 Å². The maximum absolute atomic E-state index is 11.3. The van der Waals surface area contributed by atoms with Gasteiger partial charge in [-0.2, -0.15) is 0 Å². The third kappa shape index (κ3) is 3.34. The highest BCUT2D eigenvalue weighted by Crippen LogP contribution is 2.26. The number of ether oxygens (including phenoxy) is 2. The molecule has 0 aliphatic carbocycles. The van der Waals surface area contributed by atoms with Crippen molar-refractivity contribution < 1.29 is 14.3 Å². The number of hydrogen-bond acceptors (Lipinski definition) is 4. The Morgan fingerprint density at radius 3 is 2.48 bits per heavy atom. The third-order valence-electron chi connectivity index (χ3n) is 3.21. The van der Waals surface area contributed by atoms with E-state index in [1.54, 1.807) is 14.2 Å². The monoisotopic (exact) mass is 312 g/mol. The van der Waals surface area contributed by atoms with Gasteiger partial charge in [0.25, 0.3) is 0 Å². The molecule has 0 aliphatic heterocycles. The first kappa shape index (κ1) is 14.7. The predicted octanol–water partition coefficient (Wildman–Crippen LogP) is 3.12. The molecule has 0 atom stereocenters. The zero-order chi connectivity index (χ0) is 16.2. The fourth-order valence-electron chi connectivity index (χ4n) is 2.06. The van der Waals surface area contributed by atoms with Crippen LogP contribution in [0.25, 0.3) is 11.0 Å². The summed E-state index contributed by atoms with van der Waals surface area (Å²) in [4.78, 5) is 18.6. The number of carbonyl (C=O) groups excluding carboxylic acids is 1. The molecular formula is C16H16N4O3. The van der Waals surface area contributed by atoms with Crippen molar-refractivity contribution in [2.75, 3.05) is 19.5 Å². The summed E-state index contributed by atoms with van der Waals surface area (Å²) < 4.78 is 10.9. The number of benzene rings is 2. The SMILES string of the molecule is CNC(=O)Nc1nc2ccc(Oc3ccc(OC)cc3)cc2[nH]1. The normalized spacial score (nSPS) is 10.3. The molecule has 0 spiro atoms. The van der Waals surface area contributed by atoms with Gasteiger partial charge in [0.15, 0.2) is 0 Å². The topological polar surface area (TPSA) is 88.3 Å². The van der Waals surface area contributed by atoms with Crippen molar-refractivity contribution in [1.29, 1.82) is 0 Å². The molecule has 3 aromatic rings. The van der Waals surface area contributed by atoms with E-state index in [-0.39, 0.29) is 6.03 Å². The van der Waals surface area contributed by atoms with Gasteiger partial charge in [0.1, 0.15) is 17.2 Å². The second kappa shape index (κ2) is 6.27. The van der Waals surface area contributed by atoms with Gasteiger partial charge in [0.2, 0.25) is 5.95 Å². The average Bonchev–Trinajstić information content (AvgIpc) is 2.96.